The zero-order valence-corrected chi connectivity index (χ0v) is 11.3. The fraction of sp³-hybridized carbons (Fsp3) is 0.231. The highest BCUT2D eigenvalue weighted by molar-refractivity contribution is 7.17. The summed E-state index contributed by atoms with van der Waals surface area (Å²) in [4.78, 5) is 20.8. The smallest absolute Gasteiger partial charge is 0.351 e. The lowest BCUT2D eigenvalue weighted by atomic mass is 10.3. The molecule has 0 saturated carbocycles. The first-order valence-corrected chi connectivity index (χ1v) is 6.43. The van der Waals surface area contributed by atoms with Crippen molar-refractivity contribution in [1.82, 2.24) is 9.97 Å². The van der Waals surface area contributed by atoms with E-state index in [9.17, 15) is 4.79 Å². The molecule has 0 amide bonds. The average molecular weight is 273 g/mol. The highest BCUT2D eigenvalue weighted by Gasteiger charge is 2.19. The van der Waals surface area contributed by atoms with Crippen molar-refractivity contribution in [3.8, 4) is 16.8 Å². The lowest BCUT2D eigenvalue weighted by molar-refractivity contribution is 0.0440. The number of hydrogen-bond donors (Lipinski definition) is 0. The van der Waals surface area contributed by atoms with Crippen LogP contribution in [0.1, 0.15) is 22.3 Å². The van der Waals surface area contributed by atoms with Gasteiger partial charge in [0.1, 0.15) is 16.0 Å². The van der Waals surface area contributed by atoms with Gasteiger partial charge in [-0.2, -0.15) is 5.26 Å². The van der Waals surface area contributed by atoms with E-state index in [0.29, 0.717) is 21.3 Å². The Morgan fingerprint density at radius 1 is 1.53 bits per heavy atom. The SMILES string of the molecule is Cc1nc(-c2ccccn2)sc1C(=O)OC(C)C#N. The van der Waals surface area contributed by atoms with E-state index < -0.39 is 12.1 Å². The Morgan fingerprint density at radius 2 is 2.32 bits per heavy atom. The normalized spacial score (nSPS) is 11.6. The van der Waals surface area contributed by atoms with E-state index in [0.717, 1.165) is 0 Å². The number of hydrogen-bond acceptors (Lipinski definition) is 6. The van der Waals surface area contributed by atoms with E-state index in [1.165, 1.54) is 18.3 Å². The van der Waals surface area contributed by atoms with E-state index in [1.54, 1.807) is 13.1 Å². The summed E-state index contributed by atoms with van der Waals surface area (Å²) in [5.74, 6) is -0.522. The van der Waals surface area contributed by atoms with E-state index in [2.05, 4.69) is 9.97 Å². The van der Waals surface area contributed by atoms with Crippen molar-refractivity contribution in [3.63, 3.8) is 0 Å². The Balaban J connectivity index is 2.27. The van der Waals surface area contributed by atoms with Gasteiger partial charge in [-0.3, -0.25) is 4.98 Å². The summed E-state index contributed by atoms with van der Waals surface area (Å²) in [5, 5.41) is 9.30. The third kappa shape index (κ3) is 2.95. The van der Waals surface area contributed by atoms with E-state index >= 15 is 0 Å². The first-order valence-electron chi connectivity index (χ1n) is 5.61. The molecule has 1 unspecified atom stereocenters. The summed E-state index contributed by atoms with van der Waals surface area (Å²) in [5.41, 5.74) is 1.30. The van der Waals surface area contributed by atoms with Crippen LogP contribution in [0.3, 0.4) is 0 Å². The van der Waals surface area contributed by atoms with Crippen LogP contribution in [0.5, 0.6) is 0 Å². The molecule has 5 nitrogen and oxygen atoms in total. The second kappa shape index (κ2) is 5.59. The fourth-order valence-corrected chi connectivity index (χ4v) is 2.35. The van der Waals surface area contributed by atoms with Crippen LogP contribution >= 0.6 is 11.3 Å². The maximum atomic E-state index is 11.9. The van der Waals surface area contributed by atoms with Gasteiger partial charge in [0.15, 0.2) is 6.10 Å². The predicted octanol–water partition coefficient (Wildman–Crippen LogP) is 2.58. The van der Waals surface area contributed by atoms with Crippen LogP contribution in [0.15, 0.2) is 24.4 Å². The molecule has 0 saturated heterocycles. The van der Waals surface area contributed by atoms with Gasteiger partial charge in [-0.25, -0.2) is 9.78 Å². The number of aromatic nitrogens is 2. The molecule has 0 aliphatic rings. The molecule has 0 aliphatic carbocycles. The predicted molar refractivity (Wildman–Crippen MR) is 70.6 cm³/mol. The topological polar surface area (TPSA) is 75.9 Å². The highest BCUT2D eigenvalue weighted by atomic mass is 32.1. The standard InChI is InChI=1S/C13H11N3O2S/c1-8(7-14)18-13(17)11-9(2)16-12(19-11)10-5-3-4-6-15-10/h3-6,8H,1-2H3. The number of carbonyl (C=O) groups is 1. The van der Waals surface area contributed by atoms with Gasteiger partial charge < -0.3 is 4.74 Å². The van der Waals surface area contributed by atoms with Crippen molar-refractivity contribution < 1.29 is 9.53 Å². The molecule has 2 heterocycles. The van der Waals surface area contributed by atoms with Gasteiger partial charge in [0.05, 0.1) is 11.4 Å². The number of pyridine rings is 1. The van der Waals surface area contributed by atoms with Crippen molar-refractivity contribution in [2.45, 2.75) is 20.0 Å². The van der Waals surface area contributed by atoms with Crippen molar-refractivity contribution in [2.24, 2.45) is 0 Å². The summed E-state index contributed by atoms with van der Waals surface area (Å²) >= 11 is 1.22. The molecular weight excluding hydrogens is 262 g/mol. The zero-order chi connectivity index (χ0) is 13.8. The van der Waals surface area contributed by atoms with Gasteiger partial charge in [0.25, 0.3) is 0 Å². The molecular formula is C13H11N3O2S. The van der Waals surface area contributed by atoms with Crippen LogP contribution in [0.25, 0.3) is 10.7 Å². The number of thiazole rings is 1. The average Bonchev–Trinajstić information content (AvgIpc) is 2.81. The van der Waals surface area contributed by atoms with Crippen LogP contribution in [-0.2, 0) is 4.74 Å². The minimum absolute atomic E-state index is 0.405. The molecule has 1 atom stereocenters. The van der Waals surface area contributed by atoms with Gasteiger partial charge in [0.2, 0.25) is 0 Å². The second-order valence-electron chi connectivity index (χ2n) is 3.83. The van der Waals surface area contributed by atoms with Gasteiger partial charge in [-0.1, -0.05) is 6.07 Å². The minimum atomic E-state index is -0.771. The van der Waals surface area contributed by atoms with Gasteiger partial charge >= 0.3 is 5.97 Å². The van der Waals surface area contributed by atoms with Crippen molar-refractivity contribution in [2.75, 3.05) is 0 Å². The first-order chi connectivity index (χ1) is 9.11. The largest absolute Gasteiger partial charge is 0.443 e. The van der Waals surface area contributed by atoms with E-state index in [-0.39, 0.29) is 0 Å². The van der Waals surface area contributed by atoms with Crippen LogP contribution in [0, 0.1) is 18.3 Å². The molecule has 6 heteroatoms. The molecule has 2 aromatic rings. The molecule has 0 radical (unpaired) electrons. The Bertz CT molecular complexity index is 631. The van der Waals surface area contributed by atoms with Gasteiger partial charge in [-0.05, 0) is 26.0 Å². The number of aryl methyl sites for hydroxylation is 1. The number of rotatable bonds is 3. The fourth-order valence-electron chi connectivity index (χ4n) is 1.43. The number of ether oxygens (including phenoxy) is 1. The molecule has 0 bridgehead atoms. The highest BCUT2D eigenvalue weighted by Crippen LogP contribution is 2.27. The van der Waals surface area contributed by atoms with E-state index in [1.807, 2.05) is 24.3 Å². The Morgan fingerprint density at radius 3 is 2.95 bits per heavy atom. The van der Waals surface area contributed by atoms with Crippen LogP contribution in [0.4, 0.5) is 0 Å². The molecule has 0 fully saturated rings. The molecule has 0 N–H and O–H groups in total. The van der Waals surface area contributed by atoms with Gasteiger partial charge in [-0.15, -0.1) is 11.3 Å². The Labute approximate surface area is 114 Å². The Hall–Kier alpha value is -2.26. The molecule has 0 spiro atoms. The minimum Gasteiger partial charge on any atom is -0.443 e. The first kappa shape index (κ1) is 13.2. The van der Waals surface area contributed by atoms with Crippen LogP contribution in [-0.4, -0.2) is 22.0 Å². The summed E-state index contributed by atoms with van der Waals surface area (Å²) in [6, 6.07) is 7.35. The van der Waals surface area contributed by atoms with Crippen molar-refractivity contribution in [3.05, 3.63) is 35.0 Å². The third-order valence-corrected chi connectivity index (χ3v) is 3.49. The molecule has 2 aromatic heterocycles. The summed E-state index contributed by atoms with van der Waals surface area (Å²) in [6.07, 6.45) is 0.897. The van der Waals surface area contributed by atoms with Crippen molar-refractivity contribution >= 4 is 17.3 Å². The van der Waals surface area contributed by atoms with Crippen LogP contribution in [0.2, 0.25) is 0 Å². The third-order valence-electron chi connectivity index (χ3n) is 2.33. The van der Waals surface area contributed by atoms with E-state index in [4.69, 9.17) is 10.00 Å². The number of nitrogens with zero attached hydrogens (tertiary/aromatic N) is 3. The lowest BCUT2D eigenvalue weighted by Crippen LogP contribution is -2.12. The number of esters is 1. The molecule has 0 aromatic carbocycles. The number of carbonyl (C=O) groups excluding carboxylic acids is 1. The molecule has 0 aliphatic heterocycles. The maximum absolute atomic E-state index is 11.9. The lowest BCUT2D eigenvalue weighted by Gasteiger charge is -2.03. The maximum Gasteiger partial charge on any atom is 0.351 e. The summed E-state index contributed by atoms with van der Waals surface area (Å²) < 4.78 is 4.97. The number of nitriles is 1. The van der Waals surface area contributed by atoms with Crippen molar-refractivity contribution in [1.29, 1.82) is 5.26 Å². The molecule has 2 rings (SSSR count). The zero-order valence-electron chi connectivity index (χ0n) is 10.5. The van der Waals surface area contributed by atoms with Crippen LogP contribution < -0.4 is 0 Å². The summed E-state index contributed by atoms with van der Waals surface area (Å²) in [7, 11) is 0. The molecule has 96 valence electrons. The van der Waals surface area contributed by atoms with Gasteiger partial charge in [0, 0.05) is 6.20 Å². The second-order valence-corrected chi connectivity index (χ2v) is 4.82. The Kier molecular flexibility index (Phi) is 3.88. The molecule has 19 heavy (non-hydrogen) atoms. The quantitative estimate of drug-likeness (QED) is 0.803. The summed E-state index contributed by atoms with van der Waals surface area (Å²) in [6.45, 7) is 3.25. The monoisotopic (exact) mass is 273 g/mol.